The molecule has 2 aliphatic heterocycles. The van der Waals surface area contributed by atoms with Gasteiger partial charge in [0.05, 0.1) is 11.0 Å². The van der Waals surface area contributed by atoms with Gasteiger partial charge in [0, 0.05) is 38.8 Å². The van der Waals surface area contributed by atoms with Crippen molar-refractivity contribution in [1.29, 1.82) is 0 Å². The Morgan fingerprint density at radius 3 is 1.73 bits per heavy atom. The molecule has 0 aromatic heterocycles. The van der Waals surface area contributed by atoms with Crippen LogP contribution < -0.4 is 0 Å². The van der Waals surface area contributed by atoms with Crippen molar-refractivity contribution in [2.45, 2.75) is 43.0 Å². The van der Waals surface area contributed by atoms with E-state index in [2.05, 4.69) is 46.2 Å². The van der Waals surface area contributed by atoms with Crippen molar-refractivity contribution >= 4 is 21.8 Å². The van der Waals surface area contributed by atoms with E-state index in [1.165, 1.54) is 11.1 Å². The van der Waals surface area contributed by atoms with Crippen LogP contribution in [0.1, 0.15) is 17.5 Å². The van der Waals surface area contributed by atoms with Crippen LogP contribution in [0.4, 0.5) is 26.3 Å². The highest BCUT2D eigenvalue weighted by molar-refractivity contribution is 7.92. The summed E-state index contributed by atoms with van der Waals surface area (Å²) in [5, 5.41) is 14.0. The predicted octanol–water partition coefficient (Wildman–Crippen LogP) is 3.87. The molecule has 2 fully saturated rings. The lowest BCUT2D eigenvalue weighted by molar-refractivity contribution is -0.193. The number of nitrogens with zero attached hydrogens (tertiary/aromatic N) is 2. The van der Waals surface area contributed by atoms with Crippen LogP contribution in [0.25, 0.3) is 0 Å². The van der Waals surface area contributed by atoms with Crippen LogP contribution in [0.15, 0.2) is 60.7 Å². The van der Waals surface area contributed by atoms with Gasteiger partial charge in [-0.25, -0.2) is 18.0 Å². The number of halogens is 6. The molecule has 2 aromatic rings. The molecule has 2 atom stereocenters. The minimum atomic E-state index is -5.08. The Labute approximate surface area is 233 Å². The lowest BCUT2D eigenvalue weighted by Gasteiger charge is -2.46. The quantitative estimate of drug-likeness (QED) is 0.490. The lowest BCUT2D eigenvalue weighted by Crippen LogP contribution is -2.61. The first kappa shape index (κ1) is 34.0. The number of carboxylic acids is 2. The Balaban J connectivity index is 0.000000349. The van der Waals surface area contributed by atoms with Gasteiger partial charge < -0.3 is 10.2 Å². The van der Waals surface area contributed by atoms with Crippen LogP contribution in [0.2, 0.25) is 0 Å². The zero-order chi connectivity index (χ0) is 30.8. The summed E-state index contributed by atoms with van der Waals surface area (Å²) in [5.41, 5.74) is 2.58. The molecule has 0 radical (unpaired) electrons. The van der Waals surface area contributed by atoms with Gasteiger partial charge in [0.2, 0.25) is 0 Å². The number of carboxylic acid groups (broad SMARTS) is 2. The fourth-order valence-electron chi connectivity index (χ4n) is 4.48. The number of sulfone groups is 1. The molecule has 2 aromatic carbocycles. The van der Waals surface area contributed by atoms with Crippen molar-refractivity contribution in [2.75, 3.05) is 31.9 Å². The molecule has 2 aliphatic rings. The molecule has 0 aliphatic carbocycles. The highest BCUT2D eigenvalue weighted by Gasteiger charge is 2.44. The number of fused-ring (bicyclic) bond motifs is 1. The molecule has 15 heteroatoms. The lowest BCUT2D eigenvalue weighted by atomic mass is 10.0. The van der Waals surface area contributed by atoms with Gasteiger partial charge in [-0.05, 0) is 24.0 Å². The molecule has 0 amide bonds. The fraction of sp³-hybridized carbons (Fsp3) is 0.462. The highest BCUT2D eigenvalue weighted by atomic mass is 32.2. The molecule has 41 heavy (non-hydrogen) atoms. The monoisotopic (exact) mass is 612 g/mol. The first-order chi connectivity index (χ1) is 19.0. The van der Waals surface area contributed by atoms with Crippen LogP contribution in [0, 0.1) is 0 Å². The number of rotatable bonds is 5. The maximum atomic E-state index is 12.8. The van der Waals surface area contributed by atoms with E-state index < -0.39 is 34.1 Å². The summed E-state index contributed by atoms with van der Waals surface area (Å²) in [7, 11) is -3.01. The minimum Gasteiger partial charge on any atom is -0.475 e. The summed E-state index contributed by atoms with van der Waals surface area (Å²) in [6.07, 6.45) is -8.25. The molecule has 2 saturated heterocycles. The Bertz CT molecular complexity index is 1200. The molecule has 0 spiro atoms. The second kappa shape index (κ2) is 14.6. The summed E-state index contributed by atoms with van der Waals surface area (Å²) in [4.78, 5) is 22.5. The molecule has 2 unspecified atom stereocenters. The van der Waals surface area contributed by atoms with E-state index in [1.807, 2.05) is 24.3 Å². The summed E-state index contributed by atoms with van der Waals surface area (Å²) < 4.78 is 89.0. The number of carbonyl (C=O) groups is 2. The van der Waals surface area contributed by atoms with Crippen molar-refractivity contribution in [3.8, 4) is 0 Å². The number of likely N-dealkylation sites (tertiary alicyclic amines) is 1. The summed E-state index contributed by atoms with van der Waals surface area (Å²) in [6.45, 7) is 4.08. The van der Waals surface area contributed by atoms with Gasteiger partial charge >= 0.3 is 24.3 Å². The Morgan fingerprint density at radius 1 is 0.805 bits per heavy atom. The van der Waals surface area contributed by atoms with Gasteiger partial charge in [-0.15, -0.1) is 0 Å². The van der Waals surface area contributed by atoms with E-state index in [0.29, 0.717) is 18.8 Å². The molecule has 2 N–H and O–H groups in total. The maximum absolute atomic E-state index is 12.8. The van der Waals surface area contributed by atoms with Crippen LogP contribution in [0.3, 0.4) is 0 Å². The van der Waals surface area contributed by atoms with Crippen molar-refractivity contribution in [1.82, 2.24) is 9.80 Å². The van der Waals surface area contributed by atoms with E-state index in [-0.39, 0.29) is 11.3 Å². The van der Waals surface area contributed by atoms with Gasteiger partial charge in [0.25, 0.3) is 0 Å². The molecule has 2 heterocycles. The summed E-state index contributed by atoms with van der Waals surface area (Å²) in [5.74, 6) is -5.22. The number of aliphatic carboxylic acids is 2. The third kappa shape index (κ3) is 11.3. The van der Waals surface area contributed by atoms with E-state index in [9.17, 15) is 34.8 Å². The molecule has 4 rings (SSSR count). The van der Waals surface area contributed by atoms with Crippen molar-refractivity contribution in [3.05, 3.63) is 71.8 Å². The Kier molecular flexibility index (Phi) is 12.2. The van der Waals surface area contributed by atoms with Gasteiger partial charge in [0.15, 0.2) is 9.84 Å². The third-order valence-electron chi connectivity index (χ3n) is 6.47. The van der Waals surface area contributed by atoms with Crippen molar-refractivity contribution in [3.63, 3.8) is 0 Å². The summed E-state index contributed by atoms with van der Waals surface area (Å²) in [6, 6.07) is 21.0. The maximum Gasteiger partial charge on any atom is 0.490 e. The standard InChI is InChI=1S/C22H28N2O2S.2C2HF3O2/c25-27(26)16-15-24(14-11-19-7-3-1-4-8-19)21-12-13-23(18-22(21)27)17-20-9-5-2-6-10-20;2*3-2(4,5)1(6)7/h1-10,21-22H,11-18H2;2*(H,6,7). The number of alkyl halides is 6. The van der Waals surface area contributed by atoms with E-state index in [4.69, 9.17) is 19.8 Å². The first-order valence-corrected chi connectivity index (χ1v) is 14.1. The van der Waals surface area contributed by atoms with Crippen LogP contribution >= 0.6 is 0 Å². The topological polar surface area (TPSA) is 115 Å². The first-order valence-electron chi connectivity index (χ1n) is 12.4. The van der Waals surface area contributed by atoms with E-state index >= 15 is 0 Å². The molecule has 8 nitrogen and oxygen atoms in total. The van der Waals surface area contributed by atoms with Gasteiger partial charge in [-0.2, -0.15) is 26.3 Å². The zero-order valence-electron chi connectivity index (χ0n) is 21.7. The number of hydrogen-bond donors (Lipinski definition) is 2. The third-order valence-corrected chi connectivity index (χ3v) is 8.60. The second-order valence-electron chi connectivity index (χ2n) is 9.36. The molecular weight excluding hydrogens is 582 g/mol. The minimum absolute atomic E-state index is 0.166. The van der Waals surface area contributed by atoms with Gasteiger partial charge in [-0.1, -0.05) is 60.7 Å². The summed E-state index contributed by atoms with van der Waals surface area (Å²) >= 11 is 0. The number of benzene rings is 2. The number of hydrogen-bond acceptors (Lipinski definition) is 6. The molecule has 228 valence electrons. The smallest absolute Gasteiger partial charge is 0.475 e. The van der Waals surface area contributed by atoms with E-state index in [0.717, 1.165) is 32.5 Å². The fourth-order valence-corrected chi connectivity index (χ4v) is 6.50. The highest BCUT2D eigenvalue weighted by Crippen LogP contribution is 2.28. The molecule has 0 saturated carbocycles. The Hall–Kier alpha value is -3.17. The van der Waals surface area contributed by atoms with Crippen molar-refractivity contribution in [2.24, 2.45) is 0 Å². The average Bonchev–Trinajstić information content (AvgIpc) is 2.89. The van der Waals surface area contributed by atoms with Crippen LogP contribution in [-0.2, 0) is 32.4 Å². The molecule has 0 bridgehead atoms. The van der Waals surface area contributed by atoms with E-state index in [1.54, 1.807) is 0 Å². The van der Waals surface area contributed by atoms with Gasteiger partial charge in [-0.3, -0.25) is 9.80 Å². The average molecular weight is 613 g/mol. The van der Waals surface area contributed by atoms with Crippen molar-refractivity contribution < 1.29 is 54.6 Å². The zero-order valence-corrected chi connectivity index (χ0v) is 22.5. The van der Waals surface area contributed by atoms with Crippen LogP contribution in [-0.4, -0.2) is 95.9 Å². The van der Waals surface area contributed by atoms with Gasteiger partial charge in [0.1, 0.15) is 0 Å². The number of piperidine rings is 1. The van der Waals surface area contributed by atoms with Crippen LogP contribution in [0.5, 0.6) is 0 Å². The largest absolute Gasteiger partial charge is 0.490 e. The molecular formula is C26H30F6N2O6S. The normalized spacial score (nSPS) is 20.8. The Morgan fingerprint density at radius 2 is 1.27 bits per heavy atom. The predicted molar refractivity (Wildman–Crippen MR) is 137 cm³/mol. The second-order valence-corrected chi connectivity index (χ2v) is 11.7. The SMILES string of the molecule is O=C(O)C(F)(F)F.O=C(O)C(F)(F)F.O=S1(=O)CCN(CCc2ccccc2)C2CCN(Cc3ccccc3)CC21.